The molecule has 0 saturated carbocycles. The van der Waals surface area contributed by atoms with E-state index in [1.54, 1.807) is 0 Å². The maximum Gasteiger partial charge on any atom is 0.119 e. The van der Waals surface area contributed by atoms with Gasteiger partial charge in [-0.15, -0.1) is 0 Å². The molecule has 0 aliphatic heterocycles. The number of ether oxygens (including phenoxy) is 1. The summed E-state index contributed by atoms with van der Waals surface area (Å²) in [6.07, 6.45) is 1.26. The molecule has 1 aromatic rings. The van der Waals surface area contributed by atoms with Crippen molar-refractivity contribution in [3.63, 3.8) is 0 Å². The van der Waals surface area contributed by atoms with Gasteiger partial charge in [-0.2, -0.15) is 0 Å². The zero-order valence-corrected chi connectivity index (χ0v) is 9.30. The summed E-state index contributed by atoms with van der Waals surface area (Å²) in [5, 5.41) is 8.58. The summed E-state index contributed by atoms with van der Waals surface area (Å²) in [6.45, 7) is 0.685. The molecule has 0 amide bonds. The summed E-state index contributed by atoms with van der Waals surface area (Å²) < 4.78 is 5.38. The van der Waals surface area contributed by atoms with Gasteiger partial charge in [0.1, 0.15) is 5.75 Å². The zero-order valence-electron chi connectivity index (χ0n) is 8.48. The van der Waals surface area contributed by atoms with Gasteiger partial charge in [-0.1, -0.05) is 24.4 Å². The monoisotopic (exact) mass is 225 g/mol. The summed E-state index contributed by atoms with van der Waals surface area (Å²) in [5.74, 6) is 0.801. The van der Waals surface area contributed by atoms with Crippen LogP contribution in [0.25, 0.3) is 0 Å². The lowest BCUT2D eigenvalue weighted by molar-refractivity contribution is 0.233. The molecule has 0 radical (unpaired) electrons. The van der Waals surface area contributed by atoms with Crippen molar-refractivity contribution in [2.45, 2.75) is 12.8 Å². The average molecular weight is 225 g/mol. The molecule has 0 spiro atoms. The summed E-state index contributed by atoms with van der Waals surface area (Å²) >= 11 is 4.81. The Morgan fingerprint density at radius 2 is 2.00 bits per heavy atom. The second-order valence-electron chi connectivity index (χ2n) is 3.21. The Morgan fingerprint density at radius 3 is 2.53 bits per heavy atom. The molecule has 3 nitrogen and oxygen atoms in total. The fourth-order valence-corrected chi connectivity index (χ4v) is 1.33. The fourth-order valence-electron chi connectivity index (χ4n) is 1.16. The van der Waals surface area contributed by atoms with Gasteiger partial charge in [0.2, 0.25) is 0 Å². The van der Waals surface area contributed by atoms with E-state index in [1.807, 2.05) is 24.3 Å². The molecule has 1 aromatic carbocycles. The number of aliphatic hydroxyl groups is 1. The van der Waals surface area contributed by atoms with Crippen molar-refractivity contribution < 1.29 is 9.84 Å². The van der Waals surface area contributed by atoms with Crippen molar-refractivity contribution in [2.24, 2.45) is 5.73 Å². The topological polar surface area (TPSA) is 55.5 Å². The normalized spacial score (nSPS) is 9.93. The number of thiocarbonyl (C=S) groups is 1. The number of hydrogen-bond donors (Lipinski definition) is 2. The minimum atomic E-state index is 0.152. The fraction of sp³-hybridized carbons (Fsp3) is 0.364. The lowest BCUT2D eigenvalue weighted by Crippen LogP contribution is -2.10. The van der Waals surface area contributed by atoms with Crippen molar-refractivity contribution in [3.05, 3.63) is 29.8 Å². The molecule has 82 valence electrons. The molecule has 0 heterocycles. The van der Waals surface area contributed by atoms with Gasteiger partial charge < -0.3 is 15.6 Å². The van der Waals surface area contributed by atoms with Gasteiger partial charge in [-0.25, -0.2) is 0 Å². The van der Waals surface area contributed by atoms with E-state index in [9.17, 15) is 0 Å². The highest BCUT2D eigenvalue weighted by molar-refractivity contribution is 7.80. The molecule has 4 heteroatoms. The van der Waals surface area contributed by atoms with Gasteiger partial charge >= 0.3 is 0 Å². The zero-order chi connectivity index (χ0) is 11.1. The van der Waals surface area contributed by atoms with Gasteiger partial charge in [0.05, 0.1) is 11.6 Å². The molecular weight excluding hydrogens is 210 g/mol. The van der Waals surface area contributed by atoms with E-state index in [4.69, 9.17) is 27.8 Å². The minimum Gasteiger partial charge on any atom is -0.494 e. The third kappa shape index (κ3) is 4.76. The van der Waals surface area contributed by atoms with E-state index in [-0.39, 0.29) is 6.61 Å². The van der Waals surface area contributed by atoms with Gasteiger partial charge in [0.15, 0.2) is 0 Å². The molecule has 0 atom stereocenters. The van der Waals surface area contributed by atoms with Crippen LogP contribution in [-0.2, 0) is 6.42 Å². The van der Waals surface area contributed by atoms with E-state index in [0.29, 0.717) is 24.4 Å². The molecule has 0 saturated heterocycles. The lowest BCUT2D eigenvalue weighted by atomic mass is 10.1. The second kappa shape index (κ2) is 6.37. The predicted molar refractivity (Wildman–Crippen MR) is 64.1 cm³/mol. The Hall–Kier alpha value is -1.13. The Balaban J connectivity index is 2.45. The van der Waals surface area contributed by atoms with Crippen LogP contribution < -0.4 is 10.5 Å². The van der Waals surface area contributed by atoms with E-state index >= 15 is 0 Å². The van der Waals surface area contributed by atoms with Crippen molar-refractivity contribution in [1.82, 2.24) is 0 Å². The Labute approximate surface area is 94.9 Å². The van der Waals surface area contributed by atoms with E-state index < -0.39 is 0 Å². The number of aliphatic hydroxyl groups excluding tert-OH is 1. The third-order valence-electron chi connectivity index (χ3n) is 1.87. The van der Waals surface area contributed by atoms with Crippen molar-refractivity contribution >= 4 is 17.2 Å². The van der Waals surface area contributed by atoms with Gasteiger partial charge in [0.25, 0.3) is 0 Å². The number of benzene rings is 1. The second-order valence-corrected chi connectivity index (χ2v) is 3.74. The smallest absolute Gasteiger partial charge is 0.119 e. The van der Waals surface area contributed by atoms with Crippen LogP contribution in [0.4, 0.5) is 0 Å². The molecule has 3 N–H and O–H groups in total. The summed E-state index contributed by atoms with van der Waals surface area (Å²) in [5.41, 5.74) is 6.51. The third-order valence-corrected chi connectivity index (χ3v) is 2.02. The number of nitrogens with two attached hydrogens (primary N) is 1. The van der Waals surface area contributed by atoms with Crippen LogP contribution in [0.1, 0.15) is 12.0 Å². The van der Waals surface area contributed by atoms with Crippen LogP contribution in [0.3, 0.4) is 0 Å². The first-order valence-electron chi connectivity index (χ1n) is 4.83. The standard InChI is InChI=1S/C11H15NO2S/c12-11(15)8-9-2-4-10(5-3-9)14-7-1-6-13/h2-5,13H,1,6-8H2,(H2,12,15). The van der Waals surface area contributed by atoms with Crippen molar-refractivity contribution in [2.75, 3.05) is 13.2 Å². The van der Waals surface area contributed by atoms with Gasteiger partial charge in [-0.3, -0.25) is 0 Å². The van der Waals surface area contributed by atoms with Crippen LogP contribution in [-0.4, -0.2) is 23.3 Å². The van der Waals surface area contributed by atoms with E-state index in [1.165, 1.54) is 0 Å². The molecule has 0 unspecified atom stereocenters. The highest BCUT2D eigenvalue weighted by atomic mass is 32.1. The SMILES string of the molecule is NC(=S)Cc1ccc(OCCCO)cc1. The molecular formula is C11H15NO2S. The first-order chi connectivity index (χ1) is 7.22. The van der Waals surface area contributed by atoms with Gasteiger partial charge in [0, 0.05) is 19.4 Å². The van der Waals surface area contributed by atoms with E-state index in [0.717, 1.165) is 11.3 Å². The van der Waals surface area contributed by atoms with Crippen LogP contribution in [0.2, 0.25) is 0 Å². The summed E-state index contributed by atoms with van der Waals surface area (Å²) in [7, 11) is 0. The first kappa shape index (κ1) is 11.9. The molecule has 0 fully saturated rings. The molecule has 15 heavy (non-hydrogen) atoms. The lowest BCUT2D eigenvalue weighted by Gasteiger charge is -2.05. The van der Waals surface area contributed by atoms with Crippen molar-refractivity contribution in [3.8, 4) is 5.75 Å². The van der Waals surface area contributed by atoms with Crippen LogP contribution in [0, 0.1) is 0 Å². The van der Waals surface area contributed by atoms with Crippen LogP contribution in [0.5, 0.6) is 5.75 Å². The highest BCUT2D eigenvalue weighted by Crippen LogP contribution is 2.12. The van der Waals surface area contributed by atoms with Crippen molar-refractivity contribution in [1.29, 1.82) is 0 Å². The summed E-state index contributed by atoms with van der Waals surface area (Å²) in [4.78, 5) is 0.490. The maximum absolute atomic E-state index is 8.58. The molecule has 0 aliphatic rings. The molecule has 0 bridgehead atoms. The first-order valence-corrected chi connectivity index (χ1v) is 5.24. The average Bonchev–Trinajstić information content (AvgIpc) is 2.20. The summed E-state index contributed by atoms with van der Waals surface area (Å²) in [6, 6.07) is 7.64. The van der Waals surface area contributed by atoms with Crippen LogP contribution in [0.15, 0.2) is 24.3 Å². The Morgan fingerprint density at radius 1 is 1.33 bits per heavy atom. The van der Waals surface area contributed by atoms with Gasteiger partial charge in [-0.05, 0) is 17.7 Å². The minimum absolute atomic E-state index is 0.152. The Kier molecular flexibility index (Phi) is 5.07. The largest absolute Gasteiger partial charge is 0.494 e. The highest BCUT2D eigenvalue weighted by Gasteiger charge is 1.97. The van der Waals surface area contributed by atoms with Crippen LogP contribution >= 0.6 is 12.2 Å². The maximum atomic E-state index is 8.58. The number of rotatable bonds is 6. The predicted octanol–water partition coefficient (Wildman–Crippen LogP) is 1.28. The quantitative estimate of drug-likeness (QED) is 0.565. The Bertz CT molecular complexity index is 311. The van der Waals surface area contributed by atoms with E-state index in [2.05, 4.69) is 0 Å². The molecule has 0 aromatic heterocycles. The molecule has 0 aliphatic carbocycles. The number of hydrogen-bond acceptors (Lipinski definition) is 3. The molecule has 1 rings (SSSR count).